The lowest BCUT2D eigenvalue weighted by molar-refractivity contribution is -0.114. The van der Waals surface area contributed by atoms with Gasteiger partial charge in [-0.2, -0.15) is 0 Å². The number of nitrogens with zero attached hydrogens (tertiary/aromatic N) is 1. The number of hydrogen-bond donors (Lipinski definition) is 1. The monoisotopic (exact) mass is 518 g/mol. The minimum absolute atomic E-state index is 0.0662. The molecule has 186 valence electrons. The van der Waals surface area contributed by atoms with Gasteiger partial charge in [-0.25, -0.2) is 8.42 Å². The summed E-state index contributed by atoms with van der Waals surface area (Å²) in [6.07, 6.45) is 0. The largest absolute Gasteiger partial charge is 0.497 e. The standard InChI is InChI=1S/C25H27ClN2O6S/c1-16-6-10-23(34-5)24(12-16)35(30,31)28(18-8-7-17(2)20(26)13-18)15-25(29)27-21-14-19(32-3)9-11-22(21)33-4/h6-14H,15H2,1-5H3,(H,27,29). The summed E-state index contributed by atoms with van der Waals surface area (Å²) < 4.78 is 44.5. The van der Waals surface area contributed by atoms with Crippen LogP contribution in [0.1, 0.15) is 11.1 Å². The van der Waals surface area contributed by atoms with E-state index in [9.17, 15) is 13.2 Å². The molecule has 0 atom stereocenters. The second-order valence-corrected chi connectivity index (χ2v) is 9.95. The van der Waals surface area contributed by atoms with E-state index in [-0.39, 0.29) is 16.3 Å². The summed E-state index contributed by atoms with van der Waals surface area (Å²) in [7, 11) is 0.118. The highest BCUT2D eigenvalue weighted by Crippen LogP contribution is 2.33. The van der Waals surface area contributed by atoms with E-state index in [1.54, 1.807) is 56.3 Å². The smallest absolute Gasteiger partial charge is 0.268 e. The first-order chi connectivity index (χ1) is 16.6. The average molecular weight is 519 g/mol. The third kappa shape index (κ3) is 5.80. The molecule has 8 nitrogen and oxygen atoms in total. The van der Waals surface area contributed by atoms with Crippen LogP contribution in [-0.4, -0.2) is 42.2 Å². The quantitative estimate of drug-likeness (QED) is 0.436. The number of methoxy groups -OCH3 is 3. The Morgan fingerprint density at radius 3 is 2.23 bits per heavy atom. The van der Waals surface area contributed by atoms with Crippen molar-refractivity contribution in [2.24, 2.45) is 0 Å². The van der Waals surface area contributed by atoms with Crippen molar-refractivity contribution in [1.82, 2.24) is 0 Å². The molecule has 0 saturated carbocycles. The van der Waals surface area contributed by atoms with Crippen molar-refractivity contribution in [3.05, 3.63) is 70.7 Å². The predicted octanol–water partition coefficient (Wildman–Crippen LogP) is 4.82. The van der Waals surface area contributed by atoms with E-state index in [1.807, 2.05) is 0 Å². The zero-order valence-corrected chi connectivity index (χ0v) is 21.7. The molecule has 0 radical (unpaired) electrons. The third-order valence-corrected chi connectivity index (χ3v) is 7.50. The van der Waals surface area contributed by atoms with Crippen LogP contribution in [0.3, 0.4) is 0 Å². The van der Waals surface area contributed by atoms with Crippen molar-refractivity contribution in [1.29, 1.82) is 0 Å². The maximum atomic E-state index is 13.9. The van der Waals surface area contributed by atoms with E-state index >= 15 is 0 Å². The Bertz CT molecular complexity index is 1340. The van der Waals surface area contributed by atoms with Crippen molar-refractivity contribution in [2.75, 3.05) is 37.5 Å². The van der Waals surface area contributed by atoms with Crippen LogP contribution in [-0.2, 0) is 14.8 Å². The number of amides is 1. The molecular weight excluding hydrogens is 492 g/mol. The molecule has 0 aromatic heterocycles. The van der Waals surface area contributed by atoms with E-state index in [1.165, 1.54) is 33.5 Å². The summed E-state index contributed by atoms with van der Waals surface area (Å²) in [4.78, 5) is 13.1. The van der Waals surface area contributed by atoms with Crippen molar-refractivity contribution < 1.29 is 27.4 Å². The molecule has 0 aliphatic carbocycles. The lowest BCUT2D eigenvalue weighted by Gasteiger charge is -2.25. The Labute approximate surface area is 210 Å². The Hall–Kier alpha value is -3.43. The molecule has 0 bridgehead atoms. The first-order valence-electron chi connectivity index (χ1n) is 10.6. The molecule has 0 fully saturated rings. The topological polar surface area (TPSA) is 94.2 Å². The minimum atomic E-state index is -4.23. The van der Waals surface area contributed by atoms with Crippen LogP contribution in [0.4, 0.5) is 11.4 Å². The van der Waals surface area contributed by atoms with E-state index in [0.717, 1.165) is 15.4 Å². The first-order valence-corrected chi connectivity index (χ1v) is 12.4. The number of aryl methyl sites for hydroxylation is 2. The molecule has 1 N–H and O–H groups in total. The SMILES string of the molecule is COc1ccc(OC)c(NC(=O)CN(c2ccc(C)c(Cl)c2)S(=O)(=O)c2cc(C)ccc2OC)c1. The second kappa shape index (κ2) is 10.9. The fourth-order valence-corrected chi connectivity index (χ4v) is 5.22. The molecule has 3 rings (SSSR count). The van der Waals surface area contributed by atoms with Crippen LogP contribution < -0.4 is 23.8 Å². The minimum Gasteiger partial charge on any atom is -0.497 e. The third-order valence-electron chi connectivity index (χ3n) is 5.30. The van der Waals surface area contributed by atoms with Crippen molar-refractivity contribution in [3.63, 3.8) is 0 Å². The van der Waals surface area contributed by atoms with Gasteiger partial charge in [0.05, 0.1) is 32.7 Å². The number of ether oxygens (including phenoxy) is 3. The van der Waals surface area contributed by atoms with E-state index in [2.05, 4.69) is 5.32 Å². The highest BCUT2D eigenvalue weighted by atomic mass is 35.5. The van der Waals surface area contributed by atoms with E-state index < -0.39 is 22.5 Å². The Balaban J connectivity index is 2.06. The zero-order chi connectivity index (χ0) is 25.8. The van der Waals surface area contributed by atoms with Crippen LogP contribution in [0, 0.1) is 13.8 Å². The number of carbonyl (C=O) groups excluding carboxylic acids is 1. The predicted molar refractivity (Wildman–Crippen MR) is 137 cm³/mol. The summed E-state index contributed by atoms with van der Waals surface area (Å²) in [6, 6.07) is 14.5. The van der Waals surface area contributed by atoms with Gasteiger partial charge in [-0.3, -0.25) is 9.10 Å². The second-order valence-electron chi connectivity index (χ2n) is 7.71. The summed E-state index contributed by atoms with van der Waals surface area (Å²) in [5.41, 5.74) is 2.06. The summed E-state index contributed by atoms with van der Waals surface area (Å²) in [5, 5.41) is 3.08. The molecule has 35 heavy (non-hydrogen) atoms. The highest BCUT2D eigenvalue weighted by molar-refractivity contribution is 7.93. The summed E-state index contributed by atoms with van der Waals surface area (Å²) in [6.45, 7) is 3.04. The number of sulfonamides is 1. The molecule has 0 aliphatic rings. The van der Waals surface area contributed by atoms with Gasteiger partial charge in [0.2, 0.25) is 5.91 Å². The molecule has 10 heteroatoms. The number of hydrogen-bond acceptors (Lipinski definition) is 6. The van der Waals surface area contributed by atoms with Crippen LogP contribution in [0.5, 0.6) is 17.2 Å². The Morgan fingerprint density at radius 2 is 1.60 bits per heavy atom. The van der Waals surface area contributed by atoms with Gasteiger partial charge in [-0.15, -0.1) is 0 Å². The van der Waals surface area contributed by atoms with Crippen LogP contribution >= 0.6 is 11.6 Å². The van der Waals surface area contributed by atoms with Crippen molar-refractivity contribution >= 4 is 38.9 Å². The lowest BCUT2D eigenvalue weighted by atomic mass is 10.2. The van der Waals surface area contributed by atoms with Gasteiger partial charge < -0.3 is 19.5 Å². The average Bonchev–Trinajstić information content (AvgIpc) is 2.84. The number of benzene rings is 3. The van der Waals surface area contributed by atoms with Gasteiger partial charge in [-0.1, -0.05) is 23.7 Å². The summed E-state index contributed by atoms with van der Waals surface area (Å²) in [5.74, 6) is 0.463. The molecular formula is C25H27ClN2O6S. The number of anilines is 2. The lowest BCUT2D eigenvalue weighted by Crippen LogP contribution is -2.38. The van der Waals surface area contributed by atoms with Gasteiger partial charge in [0.1, 0.15) is 28.7 Å². The normalized spacial score (nSPS) is 11.0. The molecule has 0 unspecified atom stereocenters. The highest BCUT2D eigenvalue weighted by Gasteiger charge is 2.31. The zero-order valence-electron chi connectivity index (χ0n) is 20.1. The molecule has 0 saturated heterocycles. The molecule has 0 spiro atoms. The molecule has 3 aromatic rings. The van der Waals surface area contributed by atoms with Gasteiger partial charge >= 0.3 is 0 Å². The maximum absolute atomic E-state index is 13.9. The van der Waals surface area contributed by atoms with Gasteiger partial charge in [0.25, 0.3) is 10.0 Å². The maximum Gasteiger partial charge on any atom is 0.268 e. The van der Waals surface area contributed by atoms with Gasteiger partial charge in [0.15, 0.2) is 0 Å². The fraction of sp³-hybridized carbons (Fsp3) is 0.240. The molecule has 3 aromatic carbocycles. The number of halogens is 1. The molecule has 0 aliphatic heterocycles. The molecule has 1 amide bonds. The molecule has 0 heterocycles. The van der Waals surface area contributed by atoms with Gasteiger partial charge in [0, 0.05) is 11.1 Å². The van der Waals surface area contributed by atoms with E-state index in [0.29, 0.717) is 22.2 Å². The first kappa shape index (κ1) is 26.2. The fourth-order valence-electron chi connectivity index (χ4n) is 3.39. The van der Waals surface area contributed by atoms with Crippen LogP contribution in [0.2, 0.25) is 5.02 Å². The van der Waals surface area contributed by atoms with Crippen molar-refractivity contribution in [3.8, 4) is 17.2 Å². The number of rotatable bonds is 9. The Morgan fingerprint density at radius 1 is 0.914 bits per heavy atom. The summed E-state index contributed by atoms with van der Waals surface area (Å²) >= 11 is 6.30. The number of nitrogens with one attached hydrogen (secondary N) is 1. The van der Waals surface area contributed by atoms with Crippen LogP contribution in [0.25, 0.3) is 0 Å². The van der Waals surface area contributed by atoms with Crippen molar-refractivity contribution in [2.45, 2.75) is 18.7 Å². The van der Waals surface area contributed by atoms with Crippen LogP contribution in [0.15, 0.2) is 59.5 Å². The Kier molecular flexibility index (Phi) is 8.14. The van der Waals surface area contributed by atoms with E-state index in [4.69, 9.17) is 25.8 Å². The number of carbonyl (C=O) groups is 1. The van der Waals surface area contributed by atoms with Gasteiger partial charge in [-0.05, 0) is 61.4 Å².